The van der Waals surface area contributed by atoms with Crippen LogP contribution in [0.5, 0.6) is 0 Å². The number of hydrogen-bond donors (Lipinski definition) is 1. The van der Waals surface area contributed by atoms with Crippen molar-refractivity contribution in [1.29, 1.82) is 5.26 Å². The van der Waals surface area contributed by atoms with Crippen molar-refractivity contribution in [2.24, 2.45) is 0 Å². The van der Waals surface area contributed by atoms with Gasteiger partial charge in [0.2, 0.25) is 0 Å². The summed E-state index contributed by atoms with van der Waals surface area (Å²) in [6.07, 6.45) is 1.55. The fourth-order valence-electron chi connectivity index (χ4n) is 2.79. The SMILES string of the molecule is N#C/C(=C/c1ccc(-c2cc(C(=O)[O-])ccc2Cl)o1)c1nc2ccccc2[nH]1. The summed E-state index contributed by atoms with van der Waals surface area (Å²) in [7, 11) is 0. The number of carboxylic acid groups (broad SMARTS) is 1. The number of imidazole rings is 1. The summed E-state index contributed by atoms with van der Waals surface area (Å²) < 4.78 is 5.75. The number of hydrogen-bond acceptors (Lipinski definition) is 5. The first-order chi connectivity index (χ1) is 13.5. The molecule has 0 amide bonds. The third kappa shape index (κ3) is 3.27. The van der Waals surface area contributed by atoms with E-state index in [0.717, 1.165) is 11.0 Å². The van der Waals surface area contributed by atoms with Crippen molar-refractivity contribution in [3.8, 4) is 17.4 Å². The zero-order valence-corrected chi connectivity index (χ0v) is 15.0. The van der Waals surface area contributed by atoms with E-state index in [0.29, 0.717) is 33.5 Å². The minimum atomic E-state index is -1.30. The van der Waals surface area contributed by atoms with Gasteiger partial charge >= 0.3 is 0 Å². The average molecular weight is 389 g/mol. The van der Waals surface area contributed by atoms with Gasteiger partial charge in [0.1, 0.15) is 23.4 Å². The molecule has 0 aliphatic heterocycles. The van der Waals surface area contributed by atoms with Crippen LogP contribution in [0.25, 0.3) is 34.0 Å². The predicted molar refractivity (Wildman–Crippen MR) is 103 cm³/mol. The van der Waals surface area contributed by atoms with Gasteiger partial charge in [-0.05, 0) is 42.0 Å². The lowest BCUT2D eigenvalue weighted by molar-refractivity contribution is -0.255. The first-order valence-electron chi connectivity index (χ1n) is 8.23. The Labute approximate surface area is 164 Å². The molecule has 0 spiro atoms. The second-order valence-corrected chi connectivity index (χ2v) is 6.36. The Balaban J connectivity index is 1.71. The molecule has 4 aromatic rings. The quantitative estimate of drug-likeness (QED) is 0.533. The van der Waals surface area contributed by atoms with Crippen LogP contribution in [0.1, 0.15) is 21.9 Å². The molecule has 0 bridgehead atoms. The second-order valence-electron chi connectivity index (χ2n) is 5.96. The van der Waals surface area contributed by atoms with Crippen LogP contribution in [0.15, 0.2) is 59.0 Å². The van der Waals surface area contributed by atoms with Crippen LogP contribution >= 0.6 is 11.6 Å². The lowest BCUT2D eigenvalue weighted by Gasteiger charge is -2.06. The molecule has 0 fully saturated rings. The summed E-state index contributed by atoms with van der Waals surface area (Å²) in [6, 6.07) is 17.1. The highest BCUT2D eigenvalue weighted by atomic mass is 35.5. The van der Waals surface area contributed by atoms with E-state index in [1.807, 2.05) is 24.3 Å². The summed E-state index contributed by atoms with van der Waals surface area (Å²) in [4.78, 5) is 18.6. The number of para-hydroxylation sites is 2. The van der Waals surface area contributed by atoms with Gasteiger partial charge in [0.05, 0.1) is 27.6 Å². The molecule has 0 unspecified atom stereocenters. The van der Waals surface area contributed by atoms with Crippen LogP contribution < -0.4 is 5.11 Å². The van der Waals surface area contributed by atoms with Crippen LogP contribution in [0, 0.1) is 11.3 Å². The van der Waals surface area contributed by atoms with Gasteiger partial charge < -0.3 is 19.3 Å². The zero-order valence-electron chi connectivity index (χ0n) is 14.3. The molecule has 0 saturated heterocycles. The summed E-state index contributed by atoms with van der Waals surface area (Å²) in [5.74, 6) is -0.0944. The van der Waals surface area contributed by atoms with Crippen LogP contribution in [0.3, 0.4) is 0 Å². The number of halogens is 1. The molecule has 6 nitrogen and oxygen atoms in total. The highest BCUT2D eigenvalue weighted by Crippen LogP contribution is 2.31. The highest BCUT2D eigenvalue weighted by molar-refractivity contribution is 6.33. The van der Waals surface area contributed by atoms with Gasteiger partial charge in [-0.15, -0.1) is 0 Å². The second kappa shape index (κ2) is 7.06. The van der Waals surface area contributed by atoms with Crippen LogP contribution in [0.4, 0.5) is 0 Å². The number of aromatic amines is 1. The molecular formula is C21H11ClN3O3-. The Morgan fingerprint density at radius 2 is 2.04 bits per heavy atom. The maximum absolute atomic E-state index is 11.1. The molecule has 2 aromatic carbocycles. The maximum Gasteiger partial charge on any atom is 0.149 e. The number of H-pyrrole nitrogens is 1. The number of nitrogens with one attached hydrogen (secondary N) is 1. The van der Waals surface area contributed by atoms with Gasteiger partial charge in [-0.3, -0.25) is 0 Å². The molecule has 0 saturated carbocycles. The molecule has 0 radical (unpaired) electrons. The van der Waals surface area contributed by atoms with Gasteiger partial charge in [-0.25, -0.2) is 4.98 Å². The Morgan fingerprint density at radius 3 is 2.79 bits per heavy atom. The van der Waals surface area contributed by atoms with E-state index in [9.17, 15) is 15.2 Å². The number of carboxylic acids is 1. The summed E-state index contributed by atoms with van der Waals surface area (Å²) in [6.45, 7) is 0. The lowest BCUT2D eigenvalue weighted by Crippen LogP contribution is -2.22. The molecule has 4 rings (SSSR count). The van der Waals surface area contributed by atoms with E-state index in [4.69, 9.17) is 16.0 Å². The lowest BCUT2D eigenvalue weighted by atomic mass is 10.1. The molecule has 0 aliphatic rings. The molecular weight excluding hydrogens is 378 g/mol. The monoisotopic (exact) mass is 388 g/mol. The van der Waals surface area contributed by atoms with E-state index in [1.165, 1.54) is 18.2 Å². The van der Waals surface area contributed by atoms with E-state index >= 15 is 0 Å². The number of aromatic nitrogens is 2. The first-order valence-corrected chi connectivity index (χ1v) is 8.61. The van der Waals surface area contributed by atoms with Crippen molar-refractivity contribution >= 4 is 40.3 Å². The van der Waals surface area contributed by atoms with E-state index in [-0.39, 0.29) is 5.56 Å². The molecule has 136 valence electrons. The first kappa shape index (κ1) is 17.6. The fourth-order valence-corrected chi connectivity index (χ4v) is 3.00. The van der Waals surface area contributed by atoms with Crippen molar-refractivity contribution in [2.45, 2.75) is 0 Å². The number of carbonyl (C=O) groups is 1. The number of carbonyl (C=O) groups excluding carboxylic acids is 1. The number of aromatic carboxylic acids is 1. The topological polar surface area (TPSA) is 106 Å². The molecule has 1 N–H and O–H groups in total. The maximum atomic E-state index is 11.1. The molecule has 0 atom stereocenters. The van der Waals surface area contributed by atoms with Crippen LogP contribution in [0.2, 0.25) is 5.02 Å². The van der Waals surface area contributed by atoms with Gasteiger partial charge in [0.25, 0.3) is 0 Å². The molecule has 28 heavy (non-hydrogen) atoms. The molecule has 2 aromatic heterocycles. The number of allylic oxidation sites excluding steroid dienone is 1. The van der Waals surface area contributed by atoms with Crippen molar-refractivity contribution < 1.29 is 14.3 Å². The predicted octanol–water partition coefficient (Wildman–Crippen LogP) is 3.90. The largest absolute Gasteiger partial charge is 0.545 e. The number of benzene rings is 2. The van der Waals surface area contributed by atoms with Crippen LogP contribution in [-0.4, -0.2) is 15.9 Å². The van der Waals surface area contributed by atoms with Crippen molar-refractivity contribution in [3.63, 3.8) is 0 Å². The van der Waals surface area contributed by atoms with Crippen molar-refractivity contribution in [3.05, 3.63) is 76.8 Å². The summed E-state index contributed by atoms with van der Waals surface area (Å²) in [5, 5.41) is 20.9. The Bertz CT molecular complexity index is 1240. The van der Waals surface area contributed by atoms with Gasteiger partial charge in [-0.2, -0.15) is 5.26 Å². The van der Waals surface area contributed by atoms with Gasteiger partial charge in [0, 0.05) is 11.6 Å². The number of nitriles is 1. The van der Waals surface area contributed by atoms with E-state index < -0.39 is 5.97 Å². The number of rotatable bonds is 4. The zero-order chi connectivity index (χ0) is 19.7. The standard InChI is InChI=1S/C21H12ClN3O3/c22-16-7-5-12(21(26)27)10-15(16)19-8-6-14(28-19)9-13(11-23)20-24-17-3-1-2-4-18(17)25-20/h1-10H,(H,24,25)(H,26,27)/p-1/b13-9-. The summed E-state index contributed by atoms with van der Waals surface area (Å²) >= 11 is 6.16. The third-order valence-corrected chi connectivity index (χ3v) is 4.48. The molecule has 7 heteroatoms. The number of fused-ring (bicyclic) bond motifs is 1. The number of furan rings is 1. The van der Waals surface area contributed by atoms with E-state index in [2.05, 4.69) is 16.0 Å². The minimum Gasteiger partial charge on any atom is -0.545 e. The third-order valence-electron chi connectivity index (χ3n) is 4.15. The van der Waals surface area contributed by atoms with Crippen molar-refractivity contribution in [2.75, 3.05) is 0 Å². The van der Waals surface area contributed by atoms with Gasteiger partial charge in [0.15, 0.2) is 0 Å². The van der Waals surface area contributed by atoms with Crippen LogP contribution in [-0.2, 0) is 0 Å². The molecule has 2 heterocycles. The molecule has 0 aliphatic carbocycles. The Hall–Kier alpha value is -3.82. The summed E-state index contributed by atoms with van der Waals surface area (Å²) in [5.41, 5.74) is 2.29. The normalized spacial score (nSPS) is 11.5. The Kier molecular flexibility index (Phi) is 4.44. The fraction of sp³-hybridized carbons (Fsp3) is 0. The Morgan fingerprint density at radius 1 is 1.21 bits per heavy atom. The smallest absolute Gasteiger partial charge is 0.149 e. The highest BCUT2D eigenvalue weighted by Gasteiger charge is 2.12. The van der Waals surface area contributed by atoms with Gasteiger partial charge in [-0.1, -0.05) is 29.8 Å². The average Bonchev–Trinajstić information content (AvgIpc) is 3.33. The minimum absolute atomic E-state index is 0.00659. The van der Waals surface area contributed by atoms with E-state index in [1.54, 1.807) is 18.2 Å². The van der Waals surface area contributed by atoms with Crippen molar-refractivity contribution in [1.82, 2.24) is 9.97 Å². The number of nitrogens with zero attached hydrogens (tertiary/aromatic N) is 2.